The molecule has 112 valence electrons. The van der Waals surface area contributed by atoms with Gasteiger partial charge >= 0.3 is 0 Å². The highest BCUT2D eigenvalue weighted by molar-refractivity contribution is 4.55. The molecular weight excluding hydrogens is 240 g/mol. The summed E-state index contributed by atoms with van der Waals surface area (Å²) in [5.41, 5.74) is 0. The van der Waals surface area contributed by atoms with Crippen LogP contribution in [0.25, 0.3) is 0 Å². The van der Waals surface area contributed by atoms with Crippen molar-refractivity contribution in [3.05, 3.63) is 0 Å². The third kappa shape index (κ3) is 15.7. The smallest absolute Gasteiger partial charge is 0.0581 e. The lowest BCUT2D eigenvalue weighted by Crippen LogP contribution is -2.32. The maximum Gasteiger partial charge on any atom is 0.0581 e. The summed E-state index contributed by atoms with van der Waals surface area (Å²) in [7, 11) is 0. The minimum atomic E-state index is 0.0694. The van der Waals surface area contributed by atoms with E-state index in [9.17, 15) is 0 Å². The molecule has 0 saturated carbocycles. The van der Waals surface area contributed by atoms with Crippen molar-refractivity contribution in [2.24, 2.45) is 0 Å². The third-order valence-electron chi connectivity index (χ3n) is 2.13. The molecule has 0 aliphatic heterocycles. The van der Waals surface area contributed by atoms with Crippen LogP contribution >= 0.6 is 0 Å². The molecule has 0 heterocycles. The van der Waals surface area contributed by atoms with E-state index in [1.165, 1.54) is 0 Å². The second kappa shape index (κ2) is 16.7. The zero-order chi connectivity index (χ0) is 14.2. The lowest BCUT2D eigenvalue weighted by molar-refractivity contribution is 0.136. The summed E-state index contributed by atoms with van der Waals surface area (Å²) >= 11 is 0. The molecule has 1 unspecified atom stereocenters. The molecule has 7 heteroatoms. The Morgan fingerprint density at radius 1 is 0.833 bits per heavy atom. The number of nitrogens with zero attached hydrogens (tertiary/aromatic N) is 1. The standard InChI is InChI=1S/C6H15NO3.C5H13NO2/c8-4-1-7(2-5-9)3-6-10;1-5(4-8)6-2-3-7/h8-10H,1-6H2;5-8H,2-4H2,1H3. The van der Waals surface area contributed by atoms with Gasteiger partial charge in [0.05, 0.1) is 33.0 Å². The SMILES string of the molecule is CC(CO)NCCO.OCCN(CCO)CCO. The van der Waals surface area contributed by atoms with Crippen LogP contribution in [0.3, 0.4) is 0 Å². The van der Waals surface area contributed by atoms with Gasteiger partial charge in [-0.1, -0.05) is 0 Å². The lowest BCUT2D eigenvalue weighted by atomic mass is 10.4. The average molecular weight is 268 g/mol. The number of rotatable bonds is 10. The molecule has 0 saturated heterocycles. The topological polar surface area (TPSA) is 116 Å². The molecule has 1 atom stereocenters. The summed E-state index contributed by atoms with van der Waals surface area (Å²) in [6.45, 7) is 4.42. The van der Waals surface area contributed by atoms with Gasteiger partial charge in [0, 0.05) is 32.2 Å². The summed E-state index contributed by atoms with van der Waals surface area (Å²) in [6, 6.07) is 0.0992. The monoisotopic (exact) mass is 268 g/mol. The first-order chi connectivity index (χ1) is 8.65. The first-order valence-electron chi connectivity index (χ1n) is 6.16. The predicted molar refractivity (Wildman–Crippen MR) is 69.3 cm³/mol. The fourth-order valence-corrected chi connectivity index (χ4v) is 1.14. The first-order valence-corrected chi connectivity index (χ1v) is 6.16. The first kappa shape index (κ1) is 20.0. The number of hydrogen-bond donors (Lipinski definition) is 6. The van der Waals surface area contributed by atoms with Gasteiger partial charge in [-0.15, -0.1) is 0 Å². The van der Waals surface area contributed by atoms with Crippen molar-refractivity contribution in [2.45, 2.75) is 13.0 Å². The summed E-state index contributed by atoms with van der Waals surface area (Å²) in [5.74, 6) is 0. The van der Waals surface area contributed by atoms with Crippen LogP contribution in [-0.2, 0) is 0 Å². The van der Waals surface area contributed by atoms with Crippen LogP contribution in [-0.4, -0.2) is 95.7 Å². The summed E-state index contributed by atoms with van der Waals surface area (Å²) < 4.78 is 0. The summed E-state index contributed by atoms with van der Waals surface area (Å²) in [4.78, 5) is 1.79. The Balaban J connectivity index is 0. The van der Waals surface area contributed by atoms with Gasteiger partial charge in [-0.05, 0) is 6.92 Å². The molecule has 0 amide bonds. The Hall–Kier alpha value is -0.280. The molecule has 0 aromatic carbocycles. The van der Waals surface area contributed by atoms with Gasteiger partial charge < -0.3 is 30.8 Å². The Morgan fingerprint density at radius 2 is 1.28 bits per heavy atom. The van der Waals surface area contributed by atoms with Crippen LogP contribution in [0.4, 0.5) is 0 Å². The van der Waals surface area contributed by atoms with Crippen LogP contribution in [0.15, 0.2) is 0 Å². The average Bonchev–Trinajstić information content (AvgIpc) is 2.37. The summed E-state index contributed by atoms with van der Waals surface area (Å²) in [6.07, 6.45) is 0. The van der Waals surface area contributed by atoms with Gasteiger partial charge in [0.15, 0.2) is 0 Å². The van der Waals surface area contributed by atoms with E-state index in [1.807, 2.05) is 6.92 Å². The van der Waals surface area contributed by atoms with Crippen LogP contribution < -0.4 is 5.32 Å². The van der Waals surface area contributed by atoms with Crippen molar-refractivity contribution in [3.8, 4) is 0 Å². The maximum absolute atomic E-state index is 8.48. The Labute approximate surface area is 109 Å². The van der Waals surface area contributed by atoms with Crippen LogP contribution in [0, 0.1) is 0 Å². The van der Waals surface area contributed by atoms with Crippen molar-refractivity contribution >= 4 is 0 Å². The quantitative estimate of drug-likeness (QED) is 0.254. The number of aliphatic hydroxyl groups is 5. The van der Waals surface area contributed by atoms with Crippen LogP contribution in [0.1, 0.15) is 6.92 Å². The highest BCUT2D eigenvalue weighted by atomic mass is 16.3. The third-order valence-corrected chi connectivity index (χ3v) is 2.13. The van der Waals surface area contributed by atoms with Gasteiger partial charge in [-0.2, -0.15) is 0 Å². The molecular formula is C11H28N2O5. The molecule has 0 rings (SSSR count). The second-order valence-electron chi connectivity index (χ2n) is 3.77. The van der Waals surface area contributed by atoms with Gasteiger partial charge in [0.25, 0.3) is 0 Å². The van der Waals surface area contributed by atoms with Crippen LogP contribution in [0.2, 0.25) is 0 Å². The van der Waals surface area contributed by atoms with Gasteiger partial charge in [0.1, 0.15) is 0 Å². The van der Waals surface area contributed by atoms with Crippen LogP contribution in [0.5, 0.6) is 0 Å². The van der Waals surface area contributed by atoms with E-state index in [0.717, 1.165) is 0 Å². The van der Waals surface area contributed by atoms with Crippen molar-refractivity contribution in [1.82, 2.24) is 10.2 Å². The second-order valence-corrected chi connectivity index (χ2v) is 3.77. The molecule has 18 heavy (non-hydrogen) atoms. The highest BCUT2D eigenvalue weighted by Gasteiger charge is 2.00. The van der Waals surface area contributed by atoms with Gasteiger partial charge in [-0.3, -0.25) is 4.90 Å². The molecule has 0 fully saturated rings. The van der Waals surface area contributed by atoms with E-state index in [2.05, 4.69) is 5.32 Å². The molecule has 0 aromatic heterocycles. The van der Waals surface area contributed by atoms with Crippen molar-refractivity contribution in [3.63, 3.8) is 0 Å². The Kier molecular flexibility index (Phi) is 18.6. The zero-order valence-corrected chi connectivity index (χ0v) is 11.1. The number of nitrogens with one attached hydrogen (secondary N) is 1. The van der Waals surface area contributed by atoms with E-state index in [0.29, 0.717) is 26.2 Å². The van der Waals surface area contributed by atoms with E-state index in [1.54, 1.807) is 4.90 Å². The largest absolute Gasteiger partial charge is 0.395 e. The fourth-order valence-electron chi connectivity index (χ4n) is 1.14. The molecule has 0 radical (unpaired) electrons. The number of aliphatic hydroxyl groups excluding tert-OH is 5. The molecule has 0 aliphatic rings. The molecule has 7 nitrogen and oxygen atoms in total. The zero-order valence-electron chi connectivity index (χ0n) is 11.1. The molecule has 6 N–H and O–H groups in total. The molecule has 0 aliphatic carbocycles. The maximum atomic E-state index is 8.48. The van der Waals surface area contributed by atoms with Gasteiger partial charge in [0.2, 0.25) is 0 Å². The Bertz CT molecular complexity index is 137. The van der Waals surface area contributed by atoms with E-state index >= 15 is 0 Å². The molecule has 0 spiro atoms. The number of hydrogen-bond acceptors (Lipinski definition) is 7. The minimum absolute atomic E-state index is 0.0694. The van der Waals surface area contributed by atoms with E-state index in [4.69, 9.17) is 25.5 Å². The molecule has 0 bridgehead atoms. The fraction of sp³-hybridized carbons (Fsp3) is 1.00. The van der Waals surface area contributed by atoms with Crippen molar-refractivity contribution < 1.29 is 25.5 Å². The van der Waals surface area contributed by atoms with E-state index < -0.39 is 0 Å². The minimum Gasteiger partial charge on any atom is -0.395 e. The normalized spacial score (nSPS) is 12.2. The lowest BCUT2D eigenvalue weighted by Gasteiger charge is -2.17. The summed E-state index contributed by atoms with van der Waals surface area (Å²) in [5, 5.41) is 45.0. The van der Waals surface area contributed by atoms with Gasteiger partial charge in [-0.25, -0.2) is 0 Å². The highest BCUT2D eigenvalue weighted by Crippen LogP contribution is 1.84. The van der Waals surface area contributed by atoms with Crippen molar-refractivity contribution in [1.29, 1.82) is 0 Å². The van der Waals surface area contributed by atoms with E-state index in [-0.39, 0.29) is 39.1 Å². The van der Waals surface area contributed by atoms with Crippen molar-refractivity contribution in [2.75, 3.05) is 59.2 Å². The molecule has 0 aromatic rings. The predicted octanol–water partition coefficient (Wildman–Crippen LogP) is -2.79. The Morgan fingerprint density at radius 3 is 1.56 bits per heavy atom.